The van der Waals surface area contributed by atoms with Gasteiger partial charge in [-0.3, -0.25) is 14.2 Å². The second-order valence-electron chi connectivity index (χ2n) is 4.60. The molecule has 0 fully saturated rings. The number of aryl methyl sites for hydroxylation is 2. The van der Waals surface area contributed by atoms with Gasteiger partial charge in [-0.05, 0) is 26.3 Å². The molecule has 0 aliphatic rings. The molecule has 1 amide bonds. The van der Waals surface area contributed by atoms with Gasteiger partial charge in [-0.1, -0.05) is 0 Å². The number of amides is 1. The van der Waals surface area contributed by atoms with Crippen LogP contribution in [0.15, 0.2) is 24.8 Å². The van der Waals surface area contributed by atoms with E-state index >= 15 is 0 Å². The van der Waals surface area contributed by atoms with E-state index in [1.807, 2.05) is 37.8 Å². The Morgan fingerprint density at radius 3 is 2.74 bits per heavy atom. The third kappa shape index (κ3) is 3.21. The van der Waals surface area contributed by atoms with Gasteiger partial charge in [-0.25, -0.2) is 0 Å². The molecule has 1 atom stereocenters. The lowest BCUT2D eigenvalue weighted by Gasteiger charge is -2.11. The summed E-state index contributed by atoms with van der Waals surface area (Å²) in [5, 5.41) is 11.2. The average molecular weight is 261 g/mol. The van der Waals surface area contributed by atoms with Crippen molar-refractivity contribution in [3.8, 4) is 0 Å². The van der Waals surface area contributed by atoms with Gasteiger partial charge < -0.3 is 5.32 Å². The summed E-state index contributed by atoms with van der Waals surface area (Å²) in [6.45, 7) is 7.13. The minimum Gasteiger partial charge on any atom is -0.350 e. The van der Waals surface area contributed by atoms with Crippen molar-refractivity contribution in [3.63, 3.8) is 0 Å². The molecule has 6 nitrogen and oxygen atoms in total. The summed E-state index contributed by atoms with van der Waals surface area (Å²) in [6.07, 6.45) is 7.31. The molecule has 1 unspecified atom stereocenters. The Morgan fingerprint density at radius 1 is 1.37 bits per heavy atom. The summed E-state index contributed by atoms with van der Waals surface area (Å²) in [4.78, 5) is 12.0. The van der Waals surface area contributed by atoms with Crippen LogP contribution in [0.1, 0.15) is 31.0 Å². The SMILES string of the molecule is CCn1cc(CNC(=O)C(C)n2cc(C)cn2)cn1. The molecule has 6 heteroatoms. The van der Waals surface area contributed by atoms with Crippen LogP contribution in [0, 0.1) is 6.92 Å². The van der Waals surface area contributed by atoms with Crippen molar-refractivity contribution in [3.05, 3.63) is 35.9 Å². The van der Waals surface area contributed by atoms with Gasteiger partial charge in [0.2, 0.25) is 5.91 Å². The zero-order valence-corrected chi connectivity index (χ0v) is 11.5. The van der Waals surface area contributed by atoms with Crippen molar-refractivity contribution in [1.29, 1.82) is 0 Å². The first kappa shape index (κ1) is 13.3. The van der Waals surface area contributed by atoms with E-state index < -0.39 is 0 Å². The fourth-order valence-electron chi connectivity index (χ4n) is 1.77. The van der Waals surface area contributed by atoms with Crippen molar-refractivity contribution in [2.24, 2.45) is 0 Å². The zero-order chi connectivity index (χ0) is 13.8. The van der Waals surface area contributed by atoms with Crippen molar-refractivity contribution in [2.45, 2.75) is 39.9 Å². The zero-order valence-electron chi connectivity index (χ0n) is 11.5. The fraction of sp³-hybridized carbons (Fsp3) is 0.462. The number of carbonyl (C=O) groups is 1. The molecule has 102 valence electrons. The summed E-state index contributed by atoms with van der Waals surface area (Å²) in [5.74, 6) is -0.0488. The van der Waals surface area contributed by atoms with Crippen LogP contribution < -0.4 is 5.32 Å². The van der Waals surface area contributed by atoms with E-state index in [0.717, 1.165) is 17.7 Å². The maximum atomic E-state index is 12.0. The maximum absolute atomic E-state index is 12.0. The molecule has 0 aliphatic carbocycles. The number of nitrogens with one attached hydrogen (secondary N) is 1. The van der Waals surface area contributed by atoms with Crippen LogP contribution in [0.25, 0.3) is 0 Å². The Morgan fingerprint density at radius 2 is 2.16 bits per heavy atom. The molecule has 2 aromatic rings. The predicted octanol–water partition coefficient (Wildman–Crippen LogP) is 1.29. The number of aromatic nitrogens is 4. The van der Waals surface area contributed by atoms with E-state index in [1.165, 1.54) is 0 Å². The van der Waals surface area contributed by atoms with Crippen LogP contribution in [0.5, 0.6) is 0 Å². The Bertz CT molecular complexity index is 557. The van der Waals surface area contributed by atoms with Gasteiger partial charge in [0.05, 0.1) is 12.4 Å². The third-order valence-corrected chi connectivity index (χ3v) is 2.98. The Kier molecular flexibility index (Phi) is 3.99. The molecule has 19 heavy (non-hydrogen) atoms. The van der Waals surface area contributed by atoms with Crippen molar-refractivity contribution in [2.75, 3.05) is 0 Å². The van der Waals surface area contributed by atoms with Crippen LogP contribution in [-0.2, 0) is 17.9 Å². The number of nitrogens with zero attached hydrogens (tertiary/aromatic N) is 4. The summed E-state index contributed by atoms with van der Waals surface area (Å²) < 4.78 is 3.50. The largest absolute Gasteiger partial charge is 0.350 e. The van der Waals surface area contributed by atoms with Crippen molar-refractivity contribution in [1.82, 2.24) is 24.9 Å². The van der Waals surface area contributed by atoms with Gasteiger partial charge in [-0.15, -0.1) is 0 Å². The maximum Gasteiger partial charge on any atom is 0.244 e. The summed E-state index contributed by atoms with van der Waals surface area (Å²) >= 11 is 0. The van der Waals surface area contributed by atoms with E-state index in [9.17, 15) is 4.79 Å². The van der Waals surface area contributed by atoms with E-state index in [2.05, 4.69) is 15.5 Å². The van der Waals surface area contributed by atoms with Crippen LogP contribution in [0.3, 0.4) is 0 Å². The lowest BCUT2D eigenvalue weighted by atomic mass is 10.3. The van der Waals surface area contributed by atoms with Gasteiger partial charge >= 0.3 is 0 Å². The van der Waals surface area contributed by atoms with E-state index in [4.69, 9.17) is 0 Å². The molecule has 0 radical (unpaired) electrons. The molecule has 2 rings (SSSR count). The van der Waals surface area contributed by atoms with Gasteiger partial charge in [-0.2, -0.15) is 10.2 Å². The molecular formula is C13H19N5O. The fourth-order valence-corrected chi connectivity index (χ4v) is 1.77. The monoisotopic (exact) mass is 261 g/mol. The first-order chi connectivity index (χ1) is 9.10. The van der Waals surface area contributed by atoms with Gasteiger partial charge in [0.25, 0.3) is 0 Å². The van der Waals surface area contributed by atoms with E-state index in [0.29, 0.717) is 6.54 Å². The highest BCUT2D eigenvalue weighted by molar-refractivity contribution is 5.79. The molecule has 1 N–H and O–H groups in total. The average Bonchev–Trinajstić information content (AvgIpc) is 3.03. The van der Waals surface area contributed by atoms with Crippen LogP contribution >= 0.6 is 0 Å². The highest BCUT2D eigenvalue weighted by atomic mass is 16.2. The lowest BCUT2D eigenvalue weighted by molar-refractivity contribution is -0.124. The molecule has 0 aliphatic heterocycles. The van der Waals surface area contributed by atoms with Crippen LogP contribution in [0.2, 0.25) is 0 Å². The molecule has 0 saturated heterocycles. The van der Waals surface area contributed by atoms with Crippen LogP contribution in [0.4, 0.5) is 0 Å². The lowest BCUT2D eigenvalue weighted by Crippen LogP contribution is -2.30. The first-order valence-corrected chi connectivity index (χ1v) is 6.40. The Labute approximate surface area is 112 Å². The summed E-state index contributed by atoms with van der Waals surface area (Å²) in [7, 11) is 0. The standard InChI is InChI=1S/C13H19N5O/c1-4-17-9-12(7-15-17)6-14-13(19)11(3)18-8-10(2)5-16-18/h5,7-9,11H,4,6H2,1-3H3,(H,14,19). The molecule has 0 bridgehead atoms. The molecule has 0 saturated carbocycles. The molecular weight excluding hydrogens is 242 g/mol. The molecule has 2 heterocycles. The van der Waals surface area contributed by atoms with Crippen LogP contribution in [-0.4, -0.2) is 25.5 Å². The molecule has 0 aromatic carbocycles. The van der Waals surface area contributed by atoms with Crippen molar-refractivity contribution < 1.29 is 4.79 Å². The van der Waals surface area contributed by atoms with E-state index in [1.54, 1.807) is 17.1 Å². The molecule has 2 aromatic heterocycles. The number of carbonyl (C=O) groups excluding carboxylic acids is 1. The highest BCUT2D eigenvalue weighted by Crippen LogP contribution is 2.06. The normalized spacial score (nSPS) is 12.4. The number of hydrogen-bond acceptors (Lipinski definition) is 3. The van der Waals surface area contributed by atoms with Gasteiger partial charge in [0.15, 0.2) is 0 Å². The quantitative estimate of drug-likeness (QED) is 0.882. The summed E-state index contributed by atoms with van der Waals surface area (Å²) in [5.41, 5.74) is 2.04. The summed E-state index contributed by atoms with van der Waals surface area (Å²) in [6, 6.07) is -0.310. The minimum absolute atomic E-state index is 0.0488. The van der Waals surface area contributed by atoms with Gasteiger partial charge in [0.1, 0.15) is 6.04 Å². The smallest absolute Gasteiger partial charge is 0.244 e. The second kappa shape index (κ2) is 5.69. The Balaban J connectivity index is 1.90. The second-order valence-corrected chi connectivity index (χ2v) is 4.60. The predicted molar refractivity (Wildman–Crippen MR) is 71.4 cm³/mol. The topological polar surface area (TPSA) is 64.7 Å². The minimum atomic E-state index is -0.310. The van der Waals surface area contributed by atoms with E-state index in [-0.39, 0.29) is 11.9 Å². The van der Waals surface area contributed by atoms with Crippen molar-refractivity contribution >= 4 is 5.91 Å². The Hall–Kier alpha value is -2.11. The highest BCUT2D eigenvalue weighted by Gasteiger charge is 2.15. The van der Waals surface area contributed by atoms with Gasteiger partial charge in [0, 0.05) is 31.0 Å². The molecule has 0 spiro atoms. The number of rotatable bonds is 5. The number of hydrogen-bond donors (Lipinski definition) is 1. The first-order valence-electron chi connectivity index (χ1n) is 6.40. The third-order valence-electron chi connectivity index (χ3n) is 2.98.